The van der Waals surface area contributed by atoms with Crippen LogP contribution in [-0.4, -0.2) is 32.7 Å². The van der Waals surface area contributed by atoms with E-state index in [9.17, 15) is 14.9 Å². The molecule has 0 bridgehead atoms. The van der Waals surface area contributed by atoms with Crippen LogP contribution in [0.5, 0.6) is 5.75 Å². The summed E-state index contributed by atoms with van der Waals surface area (Å²) >= 11 is 1.42. The average Bonchev–Trinajstić information content (AvgIpc) is 3.33. The number of hydrogen-bond donors (Lipinski definition) is 1. The van der Waals surface area contributed by atoms with Gasteiger partial charge in [-0.25, -0.2) is 4.98 Å². The van der Waals surface area contributed by atoms with Gasteiger partial charge >= 0.3 is 0 Å². The number of nitrogens with one attached hydrogen (secondary N) is 1. The van der Waals surface area contributed by atoms with Crippen molar-refractivity contribution in [2.24, 2.45) is 0 Å². The zero-order valence-electron chi connectivity index (χ0n) is 16.7. The fourth-order valence-corrected chi connectivity index (χ4v) is 4.96. The van der Waals surface area contributed by atoms with E-state index in [-0.39, 0.29) is 18.0 Å². The van der Waals surface area contributed by atoms with E-state index in [0.717, 1.165) is 21.5 Å². The van der Waals surface area contributed by atoms with Crippen LogP contribution in [0, 0.1) is 17.0 Å². The Labute approximate surface area is 180 Å². The van der Waals surface area contributed by atoms with Gasteiger partial charge in [-0.3, -0.25) is 14.9 Å². The van der Waals surface area contributed by atoms with Gasteiger partial charge in [0.1, 0.15) is 11.6 Å². The molecule has 0 spiro atoms. The van der Waals surface area contributed by atoms with Crippen LogP contribution in [0.4, 0.5) is 11.5 Å². The average molecular weight is 435 g/mol. The Morgan fingerprint density at radius 1 is 1.29 bits per heavy atom. The molecular weight excluding hydrogens is 418 g/mol. The molecule has 0 saturated carbocycles. The molecule has 9 nitrogen and oxygen atoms in total. The third-order valence-corrected chi connectivity index (χ3v) is 6.37. The molecule has 2 aromatic carbocycles. The van der Waals surface area contributed by atoms with E-state index in [4.69, 9.17) is 4.74 Å². The maximum atomic E-state index is 12.6. The van der Waals surface area contributed by atoms with Gasteiger partial charge in [0.15, 0.2) is 0 Å². The van der Waals surface area contributed by atoms with Crippen LogP contribution in [0.25, 0.3) is 15.3 Å². The Morgan fingerprint density at radius 2 is 2.10 bits per heavy atom. The molecule has 10 heteroatoms. The third-order valence-electron chi connectivity index (χ3n) is 5.38. The Balaban J connectivity index is 1.67. The second-order valence-corrected chi connectivity index (χ2v) is 8.22. The van der Waals surface area contributed by atoms with Gasteiger partial charge < -0.3 is 10.1 Å². The van der Waals surface area contributed by atoms with Crippen LogP contribution < -0.4 is 10.1 Å². The number of thiazole rings is 1. The first-order chi connectivity index (χ1) is 15.0. The summed E-state index contributed by atoms with van der Waals surface area (Å²) in [4.78, 5) is 28.4. The lowest BCUT2D eigenvalue weighted by Gasteiger charge is -2.23. The van der Waals surface area contributed by atoms with E-state index >= 15 is 0 Å². The molecule has 4 aromatic rings. The molecular formula is C21H17N5O4S. The van der Waals surface area contributed by atoms with Gasteiger partial charge in [0.05, 0.1) is 27.9 Å². The number of carbonyl (C=O) groups is 1. The number of rotatable bonds is 4. The topological polar surface area (TPSA) is 112 Å². The van der Waals surface area contributed by atoms with E-state index in [1.54, 1.807) is 30.0 Å². The van der Waals surface area contributed by atoms with E-state index < -0.39 is 10.8 Å². The lowest BCUT2D eigenvalue weighted by atomic mass is 9.85. The van der Waals surface area contributed by atoms with Crippen LogP contribution in [0.2, 0.25) is 0 Å². The summed E-state index contributed by atoms with van der Waals surface area (Å²) in [6.07, 6.45) is 0.113. The first kappa shape index (κ1) is 19.2. The molecule has 156 valence electrons. The number of aryl methyl sites for hydroxylation is 1. The number of fused-ring (bicyclic) bond motifs is 2. The number of hydrogen-bond acceptors (Lipinski definition) is 7. The quantitative estimate of drug-likeness (QED) is 0.380. The van der Waals surface area contributed by atoms with Gasteiger partial charge in [-0.2, -0.15) is 9.78 Å². The Morgan fingerprint density at radius 3 is 2.87 bits per heavy atom. The van der Waals surface area contributed by atoms with Gasteiger partial charge in [-0.1, -0.05) is 29.5 Å². The second-order valence-electron chi connectivity index (χ2n) is 7.21. The fraction of sp³-hybridized carbons (Fsp3) is 0.190. The summed E-state index contributed by atoms with van der Waals surface area (Å²) in [7, 11) is 1.61. The molecule has 3 heterocycles. The minimum Gasteiger partial charge on any atom is -0.497 e. The molecule has 1 atom stereocenters. The number of para-hydroxylation sites is 1. The van der Waals surface area contributed by atoms with Crippen molar-refractivity contribution in [1.82, 2.24) is 14.8 Å². The lowest BCUT2D eigenvalue weighted by molar-refractivity contribution is -0.385. The normalized spacial score (nSPS) is 15.5. The molecule has 0 radical (unpaired) electrons. The Hall–Kier alpha value is -3.79. The molecule has 1 aliphatic rings. The summed E-state index contributed by atoms with van der Waals surface area (Å²) < 4.78 is 7.82. The standard InChI is InChI=1S/C21H17N5O4S/c1-11-19-14(13-5-3-4-6-16(13)26(28)29)10-18(27)23-20(19)25(24-11)21-22-15-8-7-12(30-2)9-17(15)31-21/h3-9,14H,10H2,1-2H3,(H,23,27)/t14-/m0/s1. The van der Waals surface area contributed by atoms with E-state index in [2.05, 4.69) is 15.4 Å². The molecule has 1 N–H and O–H groups in total. The second kappa shape index (κ2) is 7.17. The van der Waals surface area contributed by atoms with Crippen LogP contribution in [0.1, 0.15) is 29.2 Å². The highest BCUT2D eigenvalue weighted by atomic mass is 32.1. The SMILES string of the molecule is COc1ccc2nc(-n3nc(C)c4c3NC(=O)C[C@H]4c3ccccc3[N+](=O)[O-])sc2c1. The van der Waals surface area contributed by atoms with Gasteiger partial charge in [0.25, 0.3) is 5.69 Å². The first-order valence-electron chi connectivity index (χ1n) is 9.54. The molecule has 1 amide bonds. The van der Waals surface area contributed by atoms with Crippen molar-refractivity contribution in [2.45, 2.75) is 19.3 Å². The lowest BCUT2D eigenvalue weighted by Crippen LogP contribution is -2.25. The van der Waals surface area contributed by atoms with Crippen molar-refractivity contribution in [2.75, 3.05) is 12.4 Å². The molecule has 0 fully saturated rings. The monoisotopic (exact) mass is 435 g/mol. The van der Waals surface area contributed by atoms with Crippen LogP contribution >= 0.6 is 11.3 Å². The number of methoxy groups -OCH3 is 1. The van der Waals surface area contributed by atoms with Crippen LogP contribution in [0.15, 0.2) is 42.5 Å². The molecule has 2 aromatic heterocycles. The van der Waals surface area contributed by atoms with Gasteiger partial charge in [-0.05, 0) is 25.1 Å². The van der Waals surface area contributed by atoms with Gasteiger partial charge in [0, 0.05) is 29.5 Å². The van der Waals surface area contributed by atoms with Crippen molar-refractivity contribution in [3.8, 4) is 10.9 Å². The number of carbonyl (C=O) groups excluding carboxylic acids is 1. The number of nitrogens with zero attached hydrogens (tertiary/aromatic N) is 4. The molecule has 0 aliphatic carbocycles. The molecule has 31 heavy (non-hydrogen) atoms. The molecule has 0 saturated heterocycles. The smallest absolute Gasteiger partial charge is 0.273 e. The summed E-state index contributed by atoms with van der Waals surface area (Å²) in [6.45, 7) is 1.84. The highest BCUT2D eigenvalue weighted by Gasteiger charge is 2.36. The highest BCUT2D eigenvalue weighted by molar-refractivity contribution is 7.20. The number of benzene rings is 2. The third kappa shape index (κ3) is 3.12. The van der Waals surface area contributed by atoms with Crippen LogP contribution in [-0.2, 0) is 4.79 Å². The predicted octanol–water partition coefficient (Wildman–Crippen LogP) is 4.18. The molecule has 0 unspecified atom stereocenters. The van der Waals surface area contributed by atoms with E-state index in [1.165, 1.54) is 17.4 Å². The number of amides is 1. The largest absolute Gasteiger partial charge is 0.497 e. The number of anilines is 1. The van der Waals surface area contributed by atoms with Gasteiger partial charge in [0.2, 0.25) is 11.0 Å². The Bertz CT molecular complexity index is 1360. The predicted molar refractivity (Wildman–Crippen MR) is 116 cm³/mol. The van der Waals surface area contributed by atoms with Crippen LogP contribution in [0.3, 0.4) is 0 Å². The maximum absolute atomic E-state index is 12.6. The number of nitro benzene ring substituents is 1. The summed E-state index contributed by atoms with van der Waals surface area (Å²) in [5.74, 6) is 0.544. The number of ether oxygens (including phenoxy) is 1. The van der Waals surface area contributed by atoms with Crippen molar-refractivity contribution in [3.63, 3.8) is 0 Å². The maximum Gasteiger partial charge on any atom is 0.273 e. The number of nitro groups is 1. The van der Waals surface area contributed by atoms with Crippen molar-refractivity contribution in [3.05, 3.63) is 69.4 Å². The highest BCUT2D eigenvalue weighted by Crippen LogP contribution is 2.43. The first-order valence-corrected chi connectivity index (χ1v) is 10.4. The van der Waals surface area contributed by atoms with E-state index in [0.29, 0.717) is 22.2 Å². The summed E-state index contributed by atoms with van der Waals surface area (Å²) in [5, 5.41) is 19.7. The number of aromatic nitrogens is 3. The van der Waals surface area contributed by atoms with E-state index in [1.807, 2.05) is 25.1 Å². The molecule has 1 aliphatic heterocycles. The Kier molecular flexibility index (Phi) is 4.44. The molecule has 5 rings (SSSR count). The van der Waals surface area contributed by atoms with Crippen molar-refractivity contribution < 1.29 is 14.5 Å². The van der Waals surface area contributed by atoms with Gasteiger partial charge in [-0.15, -0.1) is 0 Å². The summed E-state index contributed by atoms with van der Waals surface area (Å²) in [6, 6.07) is 12.1. The zero-order valence-corrected chi connectivity index (χ0v) is 17.5. The van der Waals surface area contributed by atoms with Crippen molar-refractivity contribution >= 4 is 39.0 Å². The van der Waals surface area contributed by atoms with Crippen molar-refractivity contribution in [1.29, 1.82) is 0 Å². The minimum absolute atomic E-state index is 0.00705. The minimum atomic E-state index is -0.464. The zero-order chi connectivity index (χ0) is 21.7. The summed E-state index contributed by atoms with van der Waals surface area (Å²) in [5.41, 5.74) is 2.74. The fourth-order valence-electron chi connectivity index (χ4n) is 4.01.